The van der Waals surface area contributed by atoms with Crippen LogP contribution in [-0.4, -0.2) is 13.0 Å². The summed E-state index contributed by atoms with van der Waals surface area (Å²) in [5.41, 5.74) is 7.48. The van der Waals surface area contributed by atoms with Gasteiger partial charge in [-0.05, 0) is 31.2 Å². The van der Waals surface area contributed by atoms with Crippen molar-refractivity contribution in [2.45, 2.75) is 13.0 Å². The highest BCUT2D eigenvalue weighted by Gasteiger charge is 2.16. The van der Waals surface area contributed by atoms with E-state index in [9.17, 15) is 4.79 Å². The minimum atomic E-state index is -0.248. The smallest absolute Gasteiger partial charge is 0.253 e. The van der Waals surface area contributed by atoms with Crippen molar-refractivity contribution in [1.82, 2.24) is 5.32 Å². The Labute approximate surface area is 128 Å². The van der Waals surface area contributed by atoms with Crippen LogP contribution >= 0.6 is 11.6 Å². The van der Waals surface area contributed by atoms with E-state index in [1.807, 2.05) is 31.2 Å². The summed E-state index contributed by atoms with van der Waals surface area (Å²) in [4.78, 5) is 12.3. The molecule has 1 amide bonds. The minimum absolute atomic E-state index is 0.205. The molecule has 0 aliphatic carbocycles. The van der Waals surface area contributed by atoms with Crippen molar-refractivity contribution in [2.24, 2.45) is 0 Å². The van der Waals surface area contributed by atoms with Crippen molar-refractivity contribution >= 4 is 23.2 Å². The molecule has 0 saturated carbocycles. The number of rotatable bonds is 4. The maximum atomic E-state index is 12.3. The number of nitrogen functional groups attached to an aromatic ring is 1. The third-order valence-electron chi connectivity index (χ3n) is 3.21. The summed E-state index contributed by atoms with van der Waals surface area (Å²) < 4.78 is 5.30. The van der Waals surface area contributed by atoms with Gasteiger partial charge in [0.25, 0.3) is 5.91 Å². The van der Waals surface area contributed by atoms with Gasteiger partial charge in [0.05, 0.1) is 18.7 Å². The Hall–Kier alpha value is -2.20. The van der Waals surface area contributed by atoms with E-state index in [4.69, 9.17) is 22.1 Å². The lowest BCUT2D eigenvalue weighted by molar-refractivity contribution is 0.0940. The number of hydrogen-bond acceptors (Lipinski definition) is 3. The van der Waals surface area contributed by atoms with Crippen LogP contribution in [0.25, 0.3) is 0 Å². The van der Waals surface area contributed by atoms with Gasteiger partial charge in [0.2, 0.25) is 0 Å². The number of amides is 1. The fourth-order valence-electron chi connectivity index (χ4n) is 2.12. The molecule has 21 heavy (non-hydrogen) atoms. The minimum Gasteiger partial charge on any atom is -0.496 e. The van der Waals surface area contributed by atoms with Crippen molar-refractivity contribution in [3.63, 3.8) is 0 Å². The predicted molar refractivity (Wildman–Crippen MR) is 84.7 cm³/mol. The summed E-state index contributed by atoms with van der Waals surface area (Å²) in [7, 11) is 1.60. The molecule has 0 spiro atoms. The molecule has 0 bridgehead atoms. The maximum absolute atomic E-state index is 12.3. The molecular formula is C16H17ClN2O2. The molecular weight excluding hydrogens is 288 g/mol. The average Bonchev–Trinajstić information content (AvgIpc) is 2.46. The molecule has 4 nitrogen and oxygen atoms in total. The van der Waals surface area contributed by atoms with Crippen LogP contribution in [0.5, 0.6) is 5.75 Å². The molecule has 3 N–H and O–H groups in total. The van der Waals surface area contributed by atoms with Crippen LogP contribution in [0.15, 0.2) is 42.5 Å². The monoisotopic (exact) mass is 304 g/mol. The van der Waals surface area contributed by atoms with Gasteiger partial charge in [-0.1, -0.05) is 29.8 Å². The number of para-hydroxylation sites is 1. The molecule has 5 heteroatoms. The number of carbonyl (C=O) groups excluding carboxylic acids is 1. The topological polar surface area (TPSA) is 64.3 Å². The van der Waals surface area contributed by atoms with Crippen LogP contribution in [0.4, 0.5) is 5.69 Å². The summed E-state index contributed by atoms with van der Waals surface area (Å²) in [6, 6.07) is 12.2. The molecule has 1 atom stereocenters. The Morgan fingerprint density at radius 1 is 1.29 bits per heavy atom. The maximum Gasteiger partial charge on any atom is 0.253 e. The van der Waals surface area contributed by atoms with E-state index < -0.39 is 0 Å². The van der Waals surface area contributed by atoms with Crippen molar-refractivity contribution in [3.8, 4) is 5.75 Å². The molecule has 0 aliphatic heterocycles. The van der Waals surface area contributed by atoms with Crippen LogP contribution in [0.2, 0.25) is 5.02 Å². The van der Waals surface area contributed by atoms with Gasteiger partial charge in [-0.3, -0.25) is 4.79 Å². The molecule has 2 rings (SSSR count). The van der Waals surface area contributed by atoms with E-state index in [0.717, 1.165) is 11.3 Å². The van der Waals surface area contributed by atoms with Crippen LogP contribution in [-0.2, 0) is 0 Å². The van der Waals surface area contributed by atoms with E-state index in [1.165, 1.54) is 0 Å². The highest BCUT2D eigenvalue weighted by Crippen LogP contribution is 2.25. The molecule has 2 aromatic carbocycles. The molecule has 0 heterocycles. The average molecular weight is 305 g/mol. The van der Waals surface area contributed by atoms with E-state index in [1.54, 1.807) is 25.3 Å². The second kappa shape index (κ2) is 6.50. The third kappa shape index (κ3) is 3.47. The fourth-order valence-corrected chi connectivity index (χ4v) is 2.30. The first-order valence-corrected chi connectivity index (χ1v) is 6.89. The van der Waals surface area contributed by atoms with E-state index in [-0.39, 0.29) is 11.9 Å². The number of nitrogens with two attached hydrogens (primary N) is 1. The molecule has 0 unspecified atom stereocenters. The van der Waals surface area contributed by atoms with Crippen LogP contribution in [0, 0.1) is 0 Å². The number of halogens is 1. The molecule has 2 aromatic rings. The van der Waals surface area contributed by atoms with Gasteiger partial charge < -0.3 is 15.8 Å². The van der Waals surface area contributed by atoms with Gasteiger partial charge in [-0.2, -0.15) is 0 Å². The number of ether oxygens (including phenoxy) is 1. The van der Waals surface area contributed by atoms with E-state index in [2.05, 4.69) is 5.32 Å². The van der Waals surface area contributed by atoms with Gasteiger partial charge in [0, 0.05) is 16.3 Å². The SMILES string of the molecule is COc1ccccc1[C@H](C)NC(=O)c1ccc(Cl)cc1N. The highest BCUT2D eigenvalue weighted by atomic mass is 35.5. The summed E-state index contributed by atoms with van der Waals surface area (Å²) >= 11 is 5.83. The zero-order valence-corrected chi connectivity index (χ0v) is 12.6. The van der Waals surface area contributed by atoms with Crippen LogP contribution in [0.1, 0.15) is 28.9 Å². The number of carbonyl (C=O) groups is 1. The van der Waals surface area contributed by atoms with Gasteiger partial charge >= 0.3 is 0 Å². The molecule has 0 radical (unpaired) electrons. The van der Waals surface area contributed by atoms with Crippen molar-refractivity contribution in [3.05, 3.63) is 58.6 Å². The highest BCUT2D eigenvalue weighted by molar-refractivity contribution is 6.31. The summed E-state index contributed by atoms with van der Waals surface area (Å²) in [5.74, 6) is 0.483. The van der Waals surface area contributed by atoms with Crippen molar-refractivity contribution < 1.29 is 9.53 Å². The number of nitrogens with one attached hydrogen (secondary N) is 1. The molecule has 0 fully saturated rings. The normalized spacial score (nSPS) is 11.8. The number of anilines is 1. The van der Waals surface area contributed by atoms with Gasteiger partial charge in [-0.25, -0.2) is 0 Å². The first kappa shape index (κ1) is 15.2. The first-order chi connectivity index (χ1) is 10.0. The zero-order valence-electron chi connectivity index (χ0n) is 11.9. The predicted octanol–water partition coefficient (Wildman–Crippen LogP) is 3.42. The van der Waals surface area contributed by atoms with Gasteiger partial charge in [0.1, 0.15) is 5.75 Å². The van der Waals surface area contributed by atoms with Crippen LogP contribution < -0.4 is 15.8 Å². The Balaban J connectivity index is 2.19. The standard InChI is InChI=1S/C16H17ClN2O2/c1-10(12-5-3-4-6-15(12)21-2)19-16(20)13-8-7-11(17)9-14(13)18/h3-10H,18H2,1-2H3,(H,19,20)/t10-/m0/s1. The zero-order chi connectivity index (χ0) is 15.4. The summed E-state index contributed by atoms with van der Waals surface area (Å²) in [6.07, 6.45) is 0. The second-order valence-electron chi connectivity index (χ2n) is 4.67. The van der Waals surface area contributed by atoms with Gasteiger partial charge in [0.15, 0.2) is 0 Å². The number of methoxy groups -OCH3 is 1. The third-order valence-corrected chi connectivity index (χ3v) is 3.45. The van der Waals surface area contributed by atoms with E-state index >= 15 is 0 Å². The molecule has 0 saturated heterocycles. The fraction of sp³-hybridized carbons (Fsp3) is 0.188. The Morgan fingerprint density at radius 3 is 2.67 bits per heavy atom. The lowest BCUT2D eigenvalue weighted by Crippen LogP contribution is -2.27. The molecule has 110 valence electrons. The summed E-state index contributed by atoms with van der Waals surface area (Å²) in [5, 5.41) is 3.41. The van der Waals surface area contributed by atoms with Crippen molar-refractivity contribution in [2.75, 3.05) is 12.8 Å². The number of benzene rings is 2. The molecule has 0 aromatic heterocycles. The van der Waals surface area contributed by atoms with Crippen LogP contribution in [0.3, 0.4) is 0 Å². The summed E-state index contributed by atoms with van der Waals surface area (Å²) in [6.45, 7) is 1.89. The lowest BCUT2D eigenvalue weighted by atomic mass is 10.1. The van der Waals surface area contributed by atoms with Crippen molar-refractivity contribution in [1.29, 1.82) is 0 Å². The Kier molecular flexibility index (Phi) is 4.70. The Bertz CT molecular complexity index is 658. The first-order valence-electron chi connectivity index (χ1n) is 6.51. The van der Waals surface area contributed by atoms with Gasteiger partial charge in [-0.15, -0.1) is 0 Å². The quantitative estimate of drug-likeness (QED) is 0.851. The lowest BCUT2D eigenvalue weighted by Gasteiger charge is -2.17. The molecule has 0 aliphatic rings. The second-order valence-corrected chi connectivity index (χ2v) is 5.11. The Morgan fingerprint density at radius 2 is 2.00 bits per heavy atom. The largest absolute Gasteiger partial charge is 0.496 e. The number of hydrogen-bond donors (Lipinski definition) is 2. The van der Waals surface area contributed by atoms with E-state index in [0.29, 0.717) is 16.3 Å².